The van der Waals surface area contributed by atoms with Crippen LogP contribution >= 0.6 is 11.6 Å². The predicted octanol–water partition coefficient (Wildman–Crippen LogP) is 1.65. The number of anilines is 2. The average molecular weight is 245 g/mol. The Kier molecular flexibility index (Phi) is 5.38. The fourth-order valence-electron chi connectivity index (χ4n) is 1.32. The van der Waals surface area contributed by atoms with Crippen molar-refractivity contribution in [2.75, 3.05) is 37.4 Å². The monoisotopic (exact) mass is 244 g/mol. The summed E-state index contributed by atoms with van der Waals surface area (Å²) in [7, 11) is 0. The summed E-state index contributed by atoms with van der Waals surface area (Å²) in [4.78, 5) is 0. The number of nitrogen functional groups attached to an aromatic ring is 1. The number of nitrogens with one attached hydrogen (secondary N) is 1. The second kappa shape index (κ2) is 6.58. The van der Waals surface area contributed by atoms with Crippen molar-refractivity contribution in [1.82, 2.24) is 0 Å². The van der Waals surface area contributed by atoms with Gasteiger partial charge in [-0.05, 0) is 24.6 Å². The van der Waals surface area contributed by atoms with E-state index in [4.69, 9.17) is 27.2 Å². The van der Waals surface area contributed by atoms with Crippen molar-refractivity contribution in [1.29, 1.82) is 0 Å². The minimum atomic E-state index is 0.0483. The number of aliphatic hydroxyl groups is 1. The summed E-state index contributed by atoms with van der Waals surface area (Å²) in [6, 6.07) is 3.64. The van der Waals surface area contributed by atoms with Gasteiger partial charge in [-0.1, -0.05) is 11.6 Å². The van der Waals surface area contributed by atoms with Gasteiger partial charge in [0.25, 0.3) is 0 Å². The van der Waals surface area contributed by atoms with Crippen molar-refractivity contribution in [2.45, 2.75) is 6.92 Å². The highest BCUT2D eigenvalue weighted by Crippen LogP contribution is 2.26. The van der Waals surface area contributed by atoms with Gasteiger partial charge in [-0.25, -0.2) is 0 Å². The lowest BCUT2D eigenvalue weighted by Gasteiger charge is -2.11. The average Bonchev–Trinajstić information content (AvgIpc) is 2.25. The highest BCUT2D eigenvalue weighted by molar-refractivity contribution is 6.33. The molecule has 4 nitrogen and oxygen atoms in total. The molecule has 0 saturated heterocycles. The Bertz CT molecular complexity index is 345. The maximum atomic E-state index is 8.52. The normalized spacial score (nSPS) is 10.4. The van der Waals surface area contributed by atoms with Crippen LogP contribution in [0.3, 0.4) is 0 Å². The van der Waals surface area contributed by atoms with Crippen LogP contribution < -0.4 is 11.1 Å². The van der Waals surface area contributed by atoms with E-state index in [1.807, 2.05) is 13.0 Å². The Labute approximate surface area is 100 Å². The number of nitrogens with two attached hydrogens (primary N) is 1. The summed E-state index contributed by atoms with van der Waals surface area (Å²) in [5.41, 5.74) is 8.25. The third-order valence-corrected chi connectivity index (χ3v) is 2.47. The molecule has 0 saturated carbocycles. The molecule has 1 rings (SSSR count). The number of rotatable bonds is 6. The van der Waals surface area contributed by atoms with E-state index in [-0.39, 0.29) is 6.61 Å². The summed E-state index contributed by atoms with van der Waals surface area (Å²) in [5, 5.41) is 12.3. The van der Waals surface area contributed by atoms with Crippen LogP contribution in [-0.4, -0.2) is 31.5 Å². The van der Waals surface area contributed by atoms with Crippen LogP contribution in [0.15, 0.2) is 12.1 Å². The van der Waals surface area contributed by atoms with Crippen LogP contribution in [-0.2, 0) is 4.74 Å². The van der Waals surface area contributed by atoms with Gasteiger partial charge in [0, 0.05) is 12.2 Å². The maximum absolute atomic E-state index is 8.52. The molecule has 1 aromatic rings. The second-order valence-corrected chi connectivity index (χ2v) is 3.86. The summed E-state index contributed by atoms with van der Waals surface area (Å²) >= 11 is 5.92. The zero-order valence-electron chi connectivity index (χ0n) is 9.29. The van der Waals surface area contributed by atoms with Gasteiger partial charge in [0.2, 0.25) is 0 Å². The summed E-state index contributed by atoms with van der Waals surface area (Å²) in [5.74, 6) is 0. The fraction of sp³-hybridized carbons (Fsp3) is 0.455. The predicted molar refractivity (Wildman–Crippen MR) is 67.0 cm³/mol. The Morgan fingerprint density at radius 2 is 2.19 bits per heavy atom. The standard InChI is InChI=1S/C11H17ClN2O2/c1-8-6-10(13)9(12)7-11(8)14-2-4-16-5-3-15/h6-7,14-15H,2-5,13H2,1H3. The first-order chi connectivity index (χ1) is 7.65. The lowest BCUT2D eigenvalue weighted by atomic mass is 10.2. The molecule has 0 aliphatic heterocycles. The third kappa shape index (κ3) is 3.89. The van der Waals surface area contributed by atoms with E-state index < -0.39 is 0 Å². The van der Waals surface area contributed by atoms with Gasteiger partial charge >= 0.3 is 0 Å². The second-order valence-electron chi connectivity index (χ2n) is 3.45. The molecule has 0 radical (unpaired) electrons. The molecule has 0 heterocycles. The number of ether oxygens (including phenoxy) is 1. The van der Waals surface area contributed by atoms with E-state index in [2.05, 4.69) is 5.32 Å². The van der Waals surface area contributed by atoms with Gasteiger partial charge in [-0.2, -0.15) is 0 Å². The van der Waals surface area contributed by atoms with Gasteiger partial charge in [-0.15, -0.1) is 0 Å². The first-order valence-electron chi connectivity index (χ1n) is 5.13. The Balaban J connectivity index is 2.45. The maximum Gasteiger partial charge on any atom is 0.0698 e. The van der Waals surface area contributed by atoms with Crippen LogP contribution in [0.1, 0.15) is 5.56 Å². The Morgan fingerprint density at radius 1 is 1.44 bits per heavy atom. The highest BCUT2D eigenvalue weighted by Gasteiger charge is 2.02. The molecule has 5 heteroatoms. The largest absolute Gasteiger partial charge is 0.398 e. The molecule has 0 aliphatic rings. The zero-order chi connectivity index (χ0) is 12.0. The Hall–Kier alpha value is -0.970. The minimum Gasteiger partial charge on any atom is -0.398 e. The molecule has 90 valence electrons. The number of benzene rings is 1. The molecule has 0 unspecified atom stereocenters. The fourth-order valence-corrected chi connectivity index (χ4v) is 1.48. The molecule has 0 bridgehead atoms. The summed E-state index contributed by atoms with van der Waals surface area (Å²) < 4.78 is 5.13. The lowest BCUT2D eigenvalue weighted by Crippen LogP contribution is -2.12. The molecular formula is C11H17ClN2O2. The number of hydrogen-bond acceptors (Lipinski definition) is 4. The van der Waals surface area contributed by atoms with E-state index in [0.717, 1.165) is 11.3 Å². The molecule has 16 heavy (non-hydrogen) atoms. The molecule has 0 aliphatic carbocycles. The SMILES string of the molecule is Cc1cc(N)c(Cl)cc1NCCOCCO. The van der Waals surface area contributed by atoms with Crippen molar-refractivity contribution >= 4 is 23.0 Å². The molecule has 0 atom stereocenters. The van der Waals surface area contributed by atoms with E-state index in [1.54, 1.807) is 6.07 Å². The van der Waals surface area contributed by atoms with Crippen molar-refractivity contribution in [3.63, 3.8) is 0 Å². The lowest BCUT2D eigenvalue weighted by molar-refractivity contribution is 0.0992. The molecular weight excluding hydrogens is 228 g/mol. The number of halogens is 1. The van der Waals surface area contributed by atoms with Crippen LogP contribution in [0.2, 0.25) is 5.02 Å². The van der Waals surface area contributed by atoms with Gasteiger partial charge in [0.05, 0.1) is 30.5 Å². The van der Waals surface area contributed by atoms with Crippen molar-refractivity contribution in [3.05, 3.63) is 22.7 Å². The van der Waals surface area contributed by atoms with E-state index in [0.29, 0.717) is 30.5 Å². The number of hydrogen-bond donors (Lipinski definition) is 3. The molecule has 0 fully saturated rings. The van der Waals surface area contributed by atoms with E-state index in [1.165, 1.54) is 0 Å². The van der Waals surface area contributed by atoms with Crippen LogP contribution in [0.5, 0.6) is 0 Å². The summed E-state index contributed by atoms with van der Waals surface area (Å²) in [6.07, 6.45) is 0. The smallest absolute Gasteiger partial charge is 0.0698 e. The Morgan fingerprint density at radius 3 is 2.88 bits per heavy atom. The van der Waals surface area contributed by atoms with Crippen molar-refractivity contribution in [2.24, 2.45) is 0 Å². The van der Waals surface area contributed by atoms with Crippen LogP contribution in [0, 0.1) is 6.92 Å². The molecule has 4 N–H and O–H groups in total. The van der Waals surface area contributed by atoms with Gasteiger partial charge in [0.15, 0.2) is 0 Å². The third-order valence-electron chi connectivity index (χ3n) is 2.14. The van der Waals surface area contributed by atoms with Gasteiger partial charge < -0.3 is 20.9 Å². The number of aryl methyl sites for hydroxylation is 1. The highest BCUT2D eigenvalue weighted by atomic mass is 35.5. The van der Waals surface area contributed by atoms with Crippen molar-refractivity contribution < 1.29 is 9.84 Å². The molecule has 0 spiro atoms. The zero-order valence-corrected chi connectivity index (χ0v) is 10.0. The van der Waals surface area contributed by atoms with Crippen LogP contribution in [0.4, 0.5) is 11.4 Å². The van der Waals surface area contributed by atoms with E-state index in [9.17, 15) is 0 Å². The molecule has 1 aromatic carbocycles. The first-order valence-corrected chi connectivity index (χ1v) is 5.51. The van der Waals surface area contributed by atoms with Gasteiger partial charge in [-0.3, -0.25) is 0 Å². The number of aliphatic hydroxyl groups excluding tert-OH is 1. The first kappa shape index (κ1) is 13.1. The van der Waals surface area contributed by atoms with Crippen LogP contribution in [0.25, 0.3) is 0 Å². The van der Waals surface area contributed by atoms with Crippen molar-refractivity contribution in [3.8, 4) is 0 Å². The minimum absolute atomic E-state index is 0.0483. The van der Waals surface area contributed by atoms with E-state index >= 15 is 0 Å². The quantitative estimate of drug-likeness (QED) is 0.526. The summed E-state index contributed by atoms with van der Waals surface area (Å²) in [6.45, 7) is 3.59. The topological polar surface area (TPSA) is 67.5 Å². The molecule has 0 amide bonds. The van der Waals surface area contributed by atoms with Gasteiger partial charge in [0.1, 0.15) is 0 Å². The molecule has 0 aromatic heterocycles.